The second-order valence-electron chi connectivity index (χ2n) is 5.62. The zero-order chi connectivity index (χ0) is 18.9. The maximum atomic E-state index is 12.3. The highest BCUT2D eigenvalue weighted by molar-refractivity contribution is 5.79. The molecule has 0 spiro atoms. The summed E-state index contributed by atoms with van der Waals surface area (Å²) in [5.74, 6) is 2.32. The third-order valence-electron chi connectivity index (χ3n) is 4.00. The number of amides is 1. The largest absolute Gasteiger partial charge is 0.496 e. The second-order valence-corrected chi connectivity index (χ2v) is 5.62. The lowest BCUT2D eigenvalue weighted by Crippen LogP contribution is -2.27. The van der Waals surface area contributed by atoms with Gasteiger partial charge >= 0.3 is 0 Å². The Hall–Kier alpha value is -2.89. The zero-order valence-corrected chi connectivity index (χ0v) is 15.6. The molecule has 0 saturated heterocycles. The minimum absolute atomic E-state index is 0.0748. The van der Waals surface area contributed by atoms with Crippen molar-refractivity contribution in [1.82, 2.24) is 5.32 Å². The van der Waals surface area contributed by atoms with Crippen molar-refractivity contribution in [3.8, 4) is 23.0 Å². The average molecular weight is 359 g/mol. The number of carbonyl (C=O) groups is 1. The van der Waals surface area contributed by atoms with E-state index in [1.165, 1.54) is 0 Å². The van der Waals surface area contributed by atoms with Gasteiger partial charge in [-0.15, -0.1) is 0 Å². The summed E-state index contributed by atoms with van der Waals surface area (Å²) >= 11 is 0. The van der Waals surface area contributed by atoms with Gasteiger partial charge in [-0.1, -0.05) is 18.2 Å². The van der Waals surface area contributed by atoms with Crippen LogP contribution in [0.1, 0.15) is 11.1 Å². The number of nitrogens with one attached hydrogen (secondary N) is 1. The molecule has 0 aliphatic heterocycles. The molecule has 2 aromatic rings. The number of para-hydroxylation sites is 1. The van der Waals surface area contributed by atoms with E-state index in [1.807, 2.05) is 24.3 Å². The van der Waals surface area contributed by atoms with Crippen molar-refractivity contribution in [3.05, 3.63) is 47.5 Å². The molecule has 2 aromatic carbocycles. The number of hydrogen-bond acceptors (Lipinski definition) is 5. The van der Waals surface area contributed by atoms with Crippen LogP contribution in [-0.2, 0) is 17.6 Å². The van der Waals surface area contributed by atoms with Crippen molar-refractivity contribution >= 4 is 5.91 Å². The normalized spacial score (nSPS) is 10.2. The van der Waals surface area contributed by atoms with Crippen LogP contribution in [0.3, 0.4) is 0 Å². The van der Waals surface area contributed by atoms with E-state index in [0.29, 0.717) is 30.2 Å². The quantitative estimate of drug-likeness (QED) is 0.746. The Morgan fingerprint density at radius 3 is 2.08 bits per heavy atom. The summed E-state index contributed by atoms with van der Waals surface area (Å²) in [5, 5.41) is 2.93. The SMILES string of the molecule is COc1ccccc1CCNC(=O)Cc1cc(OC)c(OC)c(OC)c1. The monoisotopic (exact) mass is 359 g/mol. The summed E-state index contributed by atoms with van der Waals surface area (Å²) in [5.41, 5.74) is 1.84. The Balaban J connectivity index is 1.97. The van der Waals surface area contributed by atoms with Crippen molar-refractivity contribution in [2.75, 3.05) is 35.0 Å². The van der Waals surface area contributed by atoms with Gasteiger partial charge in [-0.2, -0.15) is 0 Å². The van der Waals surface area contributed by atoms with E-state index in [9.17, 15) is 4.79 Å². The molecule has 0 fully saturated rings. The summed E-state index contributed by atoms with van der Waals surface area (Å²) in [6.07, 6.45) is 0.924. The molecule has 0 bridgehead atoms. The molecule has 2 rings (SSSR count). The molecule has 0 heterocycles. The third kappa shape index (κ3) is 4.81. The van der Waals surface area contributed by atoms with Crippen LogP contribution in [-0.4, -0.2) is 40.9 Å². The molecular formula is C20H25NO5. The Kier molecular flexibility index (Phi) is 7.14. The first-order chi connectivity index (χ1) is 12.6. The molecule has 0 atom stereocenters. The van der Waals surface area contributed by atoms with Gasteiger partial charge in [0.1, 0.15) is 5.75 Å². The van der Waals surface area contributed by atoms with E-state index in [0.717, 1.165) is 16.9 Å². The number of benzene rings is 2. The number of methoxy groups -OCH3 is 4. The van der Waals surface area contributed by atoms with Crippen LogP contribution in [0.25, 0.3) is 0 Å². The fourth-order valence-corrected chi connectivity index (χ4v) is 2.73. The van der Waals surface area contributed by atoms with Crippen molar-refractivity contribution in [1.29, 1.82) is 0 Å². The first-order valence-electron chi connectivity index (χ1n) is 8.30. The topological polar surface area (TPSA) is 66.0 Å². The summed E-state index contributed by atoms with van der Waals surface area (Å²) in [6, 6.07) is 11.3. The van der Waals surface area contributed by atoms with Gasteiger partial charge in [0.15, 0.2) is 11.5 Å². The number of rotatable bonds is 9. The van der Waals surface area contributed by atoms with Gasteiger partial charge in [0, 0.05) is 6.54 Å². The van der Waals surface area contributed by atoms with Crippen LogP contribution in [0.2, 0.25) is 0 Å². The molecule has 0 aliphatic rings. The van der Waals surface area contributed by atoms with Gasteiger partial charge in [0.05, 0.1) is 34.9 Å². The van der Waals surface area contributed by atoms with Gasteiger partial charge in [0.2, 0.25) is 11.7 Å². The highest BCUT2D eigenvalue weighted by Gasteiger charge is 2.15. The first-order valence-corrected chi connectivity index (χ1v) is 8.30. The predicted octanol–water partition coefficient (Wildman–Crippen LogP) is 2.62. The molecule has 0 saturated carbocycles. The molecule has 1 N–H and O–H groups in total. The Morgan fingerprint density at radius 1 is 0.885 bits per heavy atom. The van der Waals surface area contributed by atoms with E-state index in [1.54, 1.807) is 40.6 Å². The molecule has 0 aromatic heterocycles. The highest BCUT2D eigenvalue weighted by Crippen LogP contribution is 2.38. The Morgan fingerprint density at radius 2 is 1.50 bits per heavy atom. The third-order valence-corrected chi connectivity index (χ3v) is 4.00. The first kappa shape index (κ1) is 19.4. The summed E-state index contributed by atoms with van der Waals surface area (Å²) in [6.45, 7) is 0.531. The van der Waals surface area contributed by atoms with E-state index in [4.69, 9.17) is 18.9 Å². The van der Waals surface area contributed by atoms with Crippen LogP contribution >= 0.6 is 0 Å². The Labute approximate surface area is 154 Å². The van der Waals surface area contributed by atoms with Crippen LogP contribution in [0.5, 0.6) is 23.0 Å². The summed E-state index contributed by atoms with van der Waals surface area (Å²) in [7, 11) is 6.29. The van der Waals surface area contributed by atoms with E-state index in [2.05, 4.69) is 5.32 Å². The van der Waals surface area contributed by atoms with Crippen molar-refractivity contribution in [2.45, 2.75) is 12.8 Å². The highest BCUT2D eigenvalue weighted by atomic mass is 16.5. The molecule has 0 radical (unpaired) electrons. The molecule has 6 nitrogen and oxygen atoms in total. The predicted molar refractivity (Wildman–Crippen MR) is 99.5 cm³/mol. The lowest BCUT2D eigenvalue weighted by atomic mass is 10.1. The van der Waals surface area contributed by atoms with E-state index < -0.39 is 0 Å². The zero-order valence-electron chi connectivity index (χ0n) is 15.6. The fraction of sp³-hybridized carbons (Fsp3) is 0.350. The standard InChI is InChI=1S/C20H25NO5/c1-23-16-8-6-5-7-15(16)9-10-21-19(22)13-14-11-17(24-2)20(26-4)18(12-14)25-3/h5-8,11-12H,9-10,13H2,1-4H3,(H,21,22). The number of ether oxygens (including phenoxy) is 4. The number of hydrogen-bond donors (Lipinski definition) is 1. The van der Waals surface area contributed by atoms with E-state index >= 15 is 0 Å². The van der Waals surface area contributed by atoms with Crippen molar-refractivity contribution in [3.63, 3.8) is 0 Å². The van der Waals surface area contributed by atoms with Crippen molar-refractivity contribution in [2.24, 2.45) is 0 Å². The van der Waals surface area contributed by atoms with Crippen LogP contribution in [0.15, 0.2) is 36.4 Å². The molecule has 1 amide bonds. The van der Waals surface area contributed by atoms with E-state index in [-0.39, 0.29) is 12.3 Å². The van der Waals surface area contributed by atoms with Gasteiger partial charge in [0.25, 0.3) is 0 Å². The van der Waals surface area contributed by atoms with Gasteiger partial charge in [-0.05, 0) is 35.7 Å². The van der Waals surface area contributed by atoms with Crippen LogP contribution in [0.4, 0.5) is 0 Å². The lowest BCUT2D eigenvalue weighted by Gasteiger charge is -2.14. The van der Waals surface area contributed by atoms with Crippen molar-refractivity contribution < 1.29 is 23.7 Å². The molecule has 26 heavy (non-hydrogen) atoms. The Bertz CT molecular complexity index is 720. The van der Waals surface area contributed by atoms with Gasteiger partial charge in [-0.25, -0.2) is 0 Å². The average Bonchev–Trinajstić information content (AvgIpc) is 2.67. The van der Waals surface area contributed by atoms with Crippen LogP contribution < -0.4 is 24.3 Å². The molecule has 6 heteroatoms. The maximum absolute atomic E-state index is 12.3. The summed E-state index contributed by atoms with van der Waals surface area (Å²) in [4.78, 5) is 12.3. The molecular weight excluding hydrogens is 334 g/mol. The number of carbonyl (C=O) groups excluding carboxylic acids is 1. The molecule has 0 aliphatic carbocycles. The molecule has 0 unspecified atom stereocenters. The van der Waals surface area contributed by atoms with Gasteiger partial charge in [-0.3, -0.25) is 4.79 Å². The minimum atomic E-state index is -0.0748. The second kappa shape index (κ2) is 9.56. The molecule has 140 valence electrons. The minimum Gasteiger partial charge on any atom is -0.496 e. The van der Waals surface area contributed by atoms with Crippen LogP contribution in [0, 0.1) is 0 Å². The fourth-order valence-electron chi connectivity index (χ4n) is 2.73. The summed E-state index contributed by atoms with van der Waals surface area (Å²) < 4.78 is 21.2. The van der Waals surface area contributed by atoms with Gasteiger partial charge < -0.3 is 24.3 Å². The smallest absolute Gasteiger partial charge is 0.224 e. The maximum Gasteiger partial charge on any atom is 0.224 e. The lowest BCUT2D eigenvalue weighted by molar-refractivity contribution is -0.120.